The van der Waals surface area contributed by atoms with Crippen LogP contribution in [0.25, 0.3) is 11.3 Å². The van der Waals surface area contributed by atoms with E-state index in [2.05, 4.69) is 63.1 Å². The van der Waals surface area contributed by atoms with Gasteiger partial charge in [0.25, 0.3) is 0 Å². The lowest BCUT2D eigenvalue weighted by molar-refractivity contribution is 0.775. The zero-order valence-corrected chi connectivity index (χ0v) is 13.7. The van der Waals surface area contributed by atoms with E-state index in [1.165, 1.54) is 11.1 Å². The molecular weight excluding hydrogens is 258 g/mol. The van der Waals surface area contributed by atoms with Crippen molar-refractivity contribution in [2.45, 2.75) is 47.0 Å². The van der Waals surface area contributed by atoms with E-state index in [0.717, 1.165) is 35.9 Å². The standard InChI is InChI=1S/C18H25N3/c1-6-9-19-17-11-16(20-18(21-17)12(2)3)15-8-7-13(4)14(5)10-15/h7-8,10-12H,6,9H2,1-5H3,(H,19,20,21). The Labute approximate surface area is 127 Å². The molecule has 1 heterocycles. The molecule has 0 aliphatic carbocycles. The summed E-state index contributed by atoms with van der Waals surface area (Å²) in [6.45, 7) is 11.6. The molecule has 0 bridgehead atoms. The SMILES string of the molecule is CCCNc1cc(-c2ccc(C)c(C)c2)nc(C(C)C)n1. The predicted molar refractivity (Wildman–Crippen MR) is 89.8 cm³/mol. The van der Waals surface area contributed by atoms with Crippen LogP contribution < -0.4 is 5.32 Å². The molecule has 3 heteroatoms. The molecule has 1 aromatic heterocycles. The van der Waals surface area contributed by atoms with Gasteiger partial charge in [-0.3, -0.25) is 0 Å². The lowest BCUT2D eigenvalue weighted by atomic mass is 10.0. The Hall–Kier alpha value is -1.90. The minimum Gasteiger partial charge on any atom is -0.370 e. The summed E-state index contributed by atoms with van der Waals surface area (Å²) in [6, 6.07) is 8.54. The number of aromatic nitrogens is 2. The first-order valence-corrected chi connectivity index (χ1v) is 7.71. The smallest absolute Gasteiger partial charge is 0.133 e. The summed E-state index contributed by atoms with van der Waals surface area (Å²) in [4.78, 5) is 9.34. The molecule has 1 N–H and O–H groups in total. The van der Waals surface area contributed by atoms with Gasteiger partial charge in [0.2, 0.25) is 0 Å². The van der Waals surface area contributed by atoms with E-state index in [1.54, 1.807) is 0 Å². The molecule has 21 heavy (non-hydrogen) atoms. The molecule has 0 radical (unpaired) electrons. The largest absolute Gasteiger partial charge is 0.370 e. The number of nitrogens with zero attached hydrogens (tertiary/aromatic N) is 2. The highest BCUT2D eigenvalue weighted by atomic mass is 15.0. The molecule has 0 saturated carbocycles. The summed E-state index contributed by atoms with van der Waals surface area (Å²) in [5, 5.41) is 3.37. The van der Waals surface area contributed by atoms with Crippen molar-refractivity contribution in [2.24, 2.45) is 0 Å². The Morgan fingerprint density at radius 1 is 1.05 bits per heavy atom. The van der Waals surface area contributed by atoms with Gasteiger partial charge in [-0.2, -0.15) is 0 Å². The zero-order chi connectivity index (χ0) is 15.4. The van der Waals surface area contributed by atoms with E-state index >= 15 is 0 Å². The van der Waals surface area contributed by atoms with Crippen LogP contribution in [-0.2, 0) is 0 Å². The van der Waals surface area contributed by atoms with Gasteiger partial charge < -0.3 is 5.32 Å². The Morgan fingerprint density at radius 2 is 1.81 bits per heavy atom. The Morgan fingerprint density at radius 3 is 2.43 bits per heavy atom. The highest BCUT2D eigenvalue weighted by Crippen LogP contribution is 2.24. The van der Waals surface area contributed by atoms with Crippen molar-refractivity contribution in [1.29, 1.82) is 0 Å². The average Bonchev–Trinajstić information content (AvgIpc) is 2.47. The van der Waals surface area contributed by atoms with E-state index in [-0.39, 0.29) is 0 Å². The van der Waals surface area contributed by atoms with Gasteiger partial charge in [0.1, 0.15) is 11.6 Å². The van der Waals surface area contributed by atoms with Crippen molar-refractivity contribution >= 4 is 5.82 Å². The van der Waals surface area contributed by atoms with E-state index in [9.17, 15) is 0 Å². The number of benzene rings is 1. The van der Waals surface area contributed by atoms with E-state index in [4.69, 9.17) is 4.98 Å². The topological polar surface area (TPSA) is 37.8 Å². The Kier molecular flexibility index (Phi) is 4.94. The van der Waals surface area contributed by atoms with Gasteiger partial charge in [-0.15, -0.1) is 0 Å². The predicted octanol–water partition coefficient (Wildman–Crippen LogP) is 4.71. The van der Waals surface area contributed by atoms with Gasteiger partial charge >= 0.3 is 0 Å². The molecule has 0 aliphatic rings. The van der Waals surface area contributed by atoms with E-state index in [0.29, 0.717) is 5.92 Å². The second-order valence-corrected chi connectivity index (χ2v) is 5.88. The van der Waals surface area contributed by atoms with Crippen LogP contribution >= 0.6 is 0 Å². The second kappa shape index (κ2) is 6.70. The fourth-order valence-electron chi connectivity index (χ4n) is 2.12. The minimum atomic E-state index is 0.318. The van der Waals surface area contributed by atoms with Gasteiger partial charge in [0, 0.05) is 24.1 Å². The fraction of sp³-hybridized carbons (Fsp3) is 0.444. The molecule has 2 rings (SSSR count). The van der Waals surface area contributed by atoms with Gasteiger partial charge in [-0.1, -0.05) is 32.9 Å². The van der Waals surface area contributed by atoms with Crippen LogP contribution in [0.3, 0.4) is 0 Å². The van der Waals surface area contributed by atoms with Crippen LogP contribution in [0.15, 0.2) is 24.3 Å². The maximum atomic E-state index is 4.73. The Balaban J connectivity index is 2.45. The summed E-state index contributed by atoms with van der Waals surface area (Å²) < 4.78 is 0. The summed E-state index contributed by atoms with van der Waals surface area (Å²) in [5.74, 6) is 2.13. The highest BCUT2D eigenvalue weighted by molar-refractivity contribution is 5.64. The van der Waals surface area contributed by atoms with Crippen LogP contribution in [0.2, 0.25) is 0 Å². The van der Waals surface area contributed by atoms with Crippen LogP contribution in [0.4, 0.5) is 5.82 Å². The van der Waals surface area contributed by atoms with Gasteiger partial charge in [0.15, 0.2) is 0 Å². The average molecular weight is 283 g/mol. The molecule has 0 unspecified atom stereocenters. The first-order chi connectivity index (χ1) is 10.0. The molecule has 0 spiro atoms. The summed E-state index contributed by atoms with van der Waals surface area (Å²) in [6.07, 6.45) is 1.08. The molecule has 0 aliphatic heterocycles. The zero-order valence-electron chi connectivity index (χ0n) is 13.7. The maximum absolute atomic E-state index is 4.73. The monoisotopic (exact) mass is 283 g/mol. The van der Waals surface area contributed by atoms with Crippen molar-refractivity contribution in [2.75, 3.05) is 11.9 Å². The van der Waals surface area contributed by atoms with Crippen LogP contribution in [-0.4, -0.2) is 16.5 Å². The van der Waals surface area contributed by atoms with Gasteiger partial charge in [0.05, 0.1) is 5.69 Å². The normalized spacial score (nSPS) is 11.0. The third-order valence-electron chi connectivity index (χ3n) is 3.62. The second-order valence-electron chi connectivity index (χ2n) is 5.88. The molecule has 0 saturated heterocycles. The quantitative estimate of drug-likeness (QED) is 0.863. The van der Waals surface area contributed by atoms with Crippen molar-refractivity contribution in [3.05, 3.63) is 41.2 Å². The van der Waals surface area contributed by atoms with Crippen molar-refractivity contribution < 1.29 is 0 Å². The van der Waals surface area contributed by atoms with Crippen LogP contribution in [0, 0.1) is 13.8 Å². The lowest BCUT2D eigenvalue weighted by Gasteiger charge is -2.12. The third-order valence-corrected chi connectivity index (χ3v) is 3.62. The number of hydrogen-bond acceptors (Lipinski definition) is 3. The van der Waals surface area contributed by atoms with Gasteiger partial charge in [-0.05, 0) is 37.5 Å². The van der Waals surface area contributed by atoms with Crippen molar-refractivity contribution in [3.63, 3.8) is 0 Å². The molecule has 2 aromatic rings. The third kappa shape index (κ3) is 3.81. The molecule has 1 aromatic carbocycles. The molecule has 112 valence electrons. The lowest BCUT2D eigenvalue weighted by Crippen LogP contribution is -2.07. The molecule has 0 atom stereocenters. The number of hydrogen-bond donors (Lipinski definition) is 1. The summed E-state index contributed by atoms with van der Waals surface area (Å²) >= 11 is 0. The molecule has 0 amide bonds. The maximum Gasteiger partial charge on any atom is 0.133 e. The molecular formula is C18H25N3. The van der Waals surface area contributed by atoms with Crippen molar-refractivity contribution in [1.82, 2.24) is 9.97 Å². The number of nitrogens with one attached hydrogen (secondary N) is 1. The van der Waals surface area contributed by atoms with Crippen LogP contribution in [0.1, 0.15) is 50.1 Å². The van der Waals surface area contributed by atoms with Crippen molar-refractivity contribution in [3.8, 4) is 11.3 Å². The summed E-state index contributed by atoms with van der Waals surface area (Å²) in [7, 11) is 0. The minimum absolute atomic E-state index is 0.318. The first kappa shape index (κ1) is 15.5. The highest BCUT2D eigenvalue weighted by Gasteiger charge is 2.10. The first-order valence-electron chi connectivity index (χ1n) is 7.71. The Bertz CT molecular complexity index is 618. The summed E-state index contributed by atoms with van der Waals surface area (Å²) in [5.41, 5.74) is 4.75. The van der Waals surface area contributed by atoms with Gasteiger partial charge in [-0.25, -0.2) is 9.97 Å². The molecule has 0 fully saturated rings. The number of aryl methyl sites for hydroxylation is 2. The van der Waals surface area contributed by atoms with E-state index in [1.807, 2.05) is 6.07 Å². The molecule has 3 nitrogen and oxygen atoms in total. The fourth-order valence-corrected chi connectivity index (χ4v) is 2.12. The number of anilines is 1. The van der Waals surface area contributed by atoms with Crippen LogP contribution in [0.5, 0.6) is 0 Å². The van der Waals surface area contributed by atoms with E-state index < -0.39 is 0 Å². The number of rotatable bonds is 5.